The molecule has 0 fully saturated rings. The molecule has 0 aliphatic carbocycles. The van der Waals surface area contributed by atoms with Gasteiger partial charge in [-0.3, -0.25) is 0 Å². The molecule has 82 valence electrons. The Balaban J connectivity index is 5.35. The first-order valence-electron chi connectivity index (χ1n) is 5.02. The molecule has 15 heavy (non-hydrogen) atoms. The molecule has 0 rings (SSSR count). The van der Waals surface area contributed by atoms with E-state index < -0.39 is 0 Å². The van der Waals surface area contributed by atoms with Crippen LogP contribution in [0, 0.1) is 0 Å². The molecule has 0 radical (unpaired) electrons. The number of hydrogen-bond donors (Lipinski definition) is 0. The van der Waals surface area contributed by atoms with E-state index in [4.69, 9.17) is 0 Å². The van der Waals surface area contributed by atoms with Crippen LogP contribution in [0.5, 0.6) is 0 Å². The van der Waals surface area contributed by atoms with Gasteiger partial charge in [0.15, 0.2) is 0 Å². The summed E-state index contributed by atoms with van der Waals surface area (Å²) in [5.41, 5.74) is 4.55. The van der Waals surface area contributed by atoms with Gasteiger partial charge in [-0.15, -0.1) is 0 Å². The third kappa shape index (κ3) is 3.64. The SMILES string of the molecule is C=C/C(=C/C)C(=C)/C(PC)=C(\C)C(=C)C. The zero-order valence-electron chi connectivity index (χ0n) is 10.3. The molecule has 1 atom stereocenters. The predicted octanol–water partition coefficient (Wildman–Crippen LogP) is 4.83. The van der Waals surface area contributed by atoms with E-state index in [0.29, 0.717) is 0 Å². The molecule has 0 aromatic carbocycles. The van der Waals surface area contributed by atoms with Crippen LogP contribution in [0.2, 0.25) is 0 Å². The van der Waals surface area contributed by atoms with Gasteiger partial charge in [0, 0.05) is 0 Å². The summed E-state index contributed by atoms with van der Waals surface area (Å²) in [7, 11) is 0.732. The zero-order chi connectivity index (χ0) is 12.0. The highest BCUT2D eigenvalue weighted by Crippen LogP contribution is 2.35. The summed E-state index contributed by atoms with van der Waals surface area (Å²) < 4.78 is 0. The summed E-state index contributed by atoms with van der Waals surface area (Å²) in [4.78, 5) is 0. The molecule has 1 heteroatoms. The third-order valence-corrected chi connectivity index (χ3v) is 3.62. The lowest BCUT2D eigenvalue weighted by molar-refractivity contribution is 1.33. The Morgan fingerprint density at radius 1 is 1.20 bits per heavy atom. The highest BCUT2D eigenvalue weighted by molar-refractivity contribution is 7.42. The molecule has 0 aliphatic rings. The Hall–Kier alpha value is -0.870. The molecular weight excluding hydrogens is 199 g/mol. The van der Waals surface area contributed by atoms with Crippen molar-refractivity contribution in [2.45, 2.75) is 20.8 Å². The fourth-order valence-electron chi connectivity index (χ4n) is 1.34. The van der Waals surface area contributed by atoms with E-state index in [0.717, 1.165) is 25.3 Å². The lowest BCUT2D eigenvalue weighted by Gasteiger charge is -2.14. The quantitative estimate of drug-likeness (QED) is 0.459. The molecule has 0 spiro atoms. The van der Waals surface area contributed by atoms with Gasteiger partial charge in [0.2, 0.25) is 0 Å². The van der Waals surface area contributed by atoms with E-state index in [9.17, 15) is 0 Å². The van der Waals surface area contributed by atoms with Crippen molar-refractivity contribution in [1.82, 2.24) is 0 Å². The Labute approximate surface area is 96.0 Å². The largest absolute Gasteiger partial charge is 0.0985 e. The molecule has 0 saturated carbocycles. The predicted molar refractivity (Wildman–Crippen MR) is 74.8 cm³/mol. The summed E-state index contributed by atoms with van der Waals surface area (Å²) in [6.45, 7) is 20.2. The van der Waals surface area contributed by atoms with Gasteiger partial charge in [0.1, 0.15) is 0 Å². The second-order valence-corrected chi connectivity index (χ2v) is 4.46. The van der Waals surface area contributed by atoms with E-state index in [1.54, 1.807) is 0 Å². The maximum Gasteiger partial charge on any atom is -0.0171 e. The van der Waals surface area contributed by atoms with Crippen LogP contribution in [0.15, 0.2) is 59.5 Å². The van der Waals surface area contributed by atoms with E-state index in [1.807, 2.05) is 26.0 Å². The first-order valence-corrected chi connectivity index (χ1v) is 6.52. The number of hydrogen-bond acceptors (Lipinski definition) is 0. The molecule has 0 aliphatic heterocycles. The van der Waals surface area contributed by atoms with Crippen LogP contribution < -0.4 is 0 Å². The molecule has 0 saturated heterocycles. The van der Waals surface area contributed by atoms with Gasteiger partial charge in [-0.1, -0.05) is 46.0 Å². The summed E-state index contributed by atoms with van der Waals surface area (Å²) >= 11 is 0. The van der Waals surface area contributed by atoms with Gasteiger partial charge < -0.3 is 0 Å². The van der Waals surface area contributed by atoms with Crippen LogP contribution in [0.4, 0.5) is 0 Å². The van der Waals surface area contributed by atoms with Gasteiger partial charge in [0.25, 0.3) is 0 Å². The van der Waals surface area contributed by atoms with Gasteiger partial charge in [-0.2, -0.15) is 0 Å². The molecule has 0 aromatic heterocycles. The second-order valence-electron chi connectivity index (χ2n) is 3.46. The van der Waals surface area contributed by atoms with Gasteiger partial charge in [-0.25, -0.2) is 0 Å². The van der Waals surface area contributed by atoms with Crippen LogP contribution in [-0.2, 0) is 0 Å². The molecule has 0 nitrogen and oxygen atoms in total. The van der Waals surface area contributed by atoms with Crippen LogP contribution in [0.25, 0.3) is 0 Å². The Bertz CT molecular complexity index is 340. The minimum absolute atomic E-state index is 0.732. The maximum atomic E-state index is 4.14. The standard InChI is InChI=1S/C14H21P/c1-8-13(9-2)12(6)14(15-7)11(5)10(3)4/h8-9,15H,1,3,6H2,2,4-5,7H3/b13-9-,14-11-. The normalized spacial score (nSPS) is 14.0. The summed E-state index contributed by atoms with van der Waals surface area (Å²) in [5.74, 6) is 0. The lowest BCUT2D eigenvalue weighted by atomic mass is 10.0. The van der Waals surface area contributed by atoms with E-state index >= 15 is 0 Å². The monoisotopic (exact) mass is 220 g/mol. The fourth-order valence-corrected chi connectivity index (χ4v) is 2.37. The smallest absolute Gasteiger partial charge is 0.0171 e. The fraction of sp³-hybridized carbons (Fsp3) is 0.286. The average Bonchev–Trinajstić information content (AvgIpc) is 2.20. The molecule has 0 N–H and O–H groups in total. The second kappa shape index (κ2) is 6.58. The molecule has 1 unspecified atom stereocenters. The summed E-state index contributed by atoms with van der Waals surface area (Å²) in [6.07, 6.45) is 3.90. The molecule has 0 aromatic rings. The molecule has 0 bridgehead atoms. The zero-order valence-corrected chi connectivity index (χ0v) is 11.3. The van der Waals surface area contributed by atoms with E-state index in [2.05, 4.69) is 33.3 Å². The van der Waals surface area contributed by atoms with E-state index in [1.165, 1.54) is 10.9 Å². The molecule has 0 heterocycles. The van der Waals surface area contributed by atoms with Crippen LogP contribution >= 0.6 is 8.58 Å². The lowest BCUT2D eigenvalue weighted by Crippen LogP contribution is -1.91. The first-order chi connectivity index (χ1) is 6.99. The van der Waals surface area contributed by atoms with Crippen molar-refractivity contribution in [2.24, 2.45) is 0 Å². The molecular formula is C14H21P. The van der Waals surface area contributed by atoms with Crippen molar-refractivity contribution in [3.8, 4) is 0 Å². The molecule has 0 amide bonds. The first kappa shape index (κ1) is 14.1. The minimum Gasteiger partial charge on any atom is -0.0985 e. The average molecular weight is 220 g/mol. The highest BCUT2D eigenvalue weighted by Gasteiger charge is 2.07. The minimum atomic E-state index is 0.732. The Morgan fingerprint density at radius 3 is 2.00 bits per heavy atom. The Morgan fingerprint density at radius 2 is 1.73 bits per heavy atom. The number of allylic oxidation sites excluding steroid dienone is 7. The topological polar surface area (TPSA) is 0 Å². The Kier molecular flexibility index (Phi) is 6.20. The highest BCUT2D eigenvalue weighted by atomic mass is 31.1. The van der Waals surface area contributed by atoms with Gasteiger partial charge >= 0.3 is 0 Å². The van der Waals surface area contributed by atoms with Crippen molar-refractivity contribution >= 4 is 8.58 Å². The van der Waals surface area contributed by atoms with Crippen molar-refractivity contribution in [3.63, 3.8) is 0 Å². The van der Waals surface area contributed by atoms with Crippen molar-refractivity contribution < 1.29 is 0 Å². The van der Waals surface area contributed by atoms with Crippen molar-refractivity contribution in [2.75, 3.05) is 6.66 Å². The summed E-state index contributed by atoms with van der Waals surface area (Å²) in [6, 6.07) is 0. The summed E-state index contributed by atoms with van der Waals surface area (Å²) in [5, 5.41) is 1.30. The van der Waals surface area contributed by atoms with Gasteiger partial charge in [-0.05, 0) is 49.5 Å². The van der Waals surface area contributed by atoms with Crippen LogP contribution in [0.3, 0.4) is 0 Å². The number of rotatable bonds is 5. The van der Waals surface area contributed by atoms with Crippen molar-refractivity contribution in [1.29, 1.82) is 0 Å². The van der Waals surface area contributed by atoms with Crippen molar-refractivity contribution in [3.05, 3.63) is 59.5 Å². The maximum absolute atomic E-state index is 4.14. The van der Waals surface area contributed by atoms with E-state index in [-0.39, 0.29) is 0 Å². The van der Waals surface area contributed by atoms with Crippen LogP contribution in [-0.4, -0.2) is 6.66 Å². The van der Waals surface area contributed by atoms with Gasteiger partial charge in [0.05, 0.1) is 0 Å². The van der Waals surface area contributed by atoms with Crippen LogP contribution in [0.1, 0.15) is 20.8 Å². The third-order valence-electron chi connectivity index (χ3n) is 2.45.